The number of hydrogen-bond donors (Lipinski definition) is 4. The van der Waals surface area contributed by atoms with E-state index >= 15 is 0 Å². The zero-order valence-electron chi connectivity index (χ0n) is 11.0. The van der Waals surface area contributed by atoms with Crippen LogP contribution in [-0.2, 0) is 19.1 Å². The molecule has 0 amide bonds. The Hall–Kier alpha value is -1.48. The highest BCUT2D eigenvalue weighted by Gasteiger charge is 2.10. The first-order chi connectivity index (χ1) is 9.57. The number of hydrogen-bond acceptors (Lipinski definition) is 8. The number of rotatable bonds is 10. The number of esters is 2. The molecule has 0 atom stereocenters. The van der Waals surface area contributed by atoms with Crippen LogP contribution < -0.4 is 0 Å². The molecule has 20 heavy (non-hydrogen) atoms. The van der Waals surface area contributed by atoms with Crippen LogP contribution >= 0.6 is 0 Å². The zero-order valence-corrected chi connectivity index (χ0v) is 11.0. The van der Waals surface area contributed by atoms with Gasteiger partial charge in [-0.2, -0.15) is 0 Å². The highest BCUT2D eigenvalue weighted by molar-refractivity contribution is 5.91. The first-order valence-corrected chi connectivity index (χ1v) is 6.02. The second-order valence-electron chi connectivity index (χ2n) is 4.06. The maximum Gasteiger partial charge on any atom is 0.331 e. The molecule has 0 fully saturated rings. The van der Waals surface area contributed by atoms with E-state index in [1.807, 2.05) is 0 Å². The predicted molar refractivity (Wildman–Crippen MR) is 66.4 cm³/mol. The van der Waals surface area contributed by atoms with Gasteiger partial charge in [-0.25, -0.2) is 9.59 Å². The highest BCUT2D eigenvalue weighted by Crippen LogP contribution is 1.97. The number of carbonyl (C=O) groups is 2. The van der Waals surface area contributed by atoms with Crippen LogP contribution in [0.15, 0.2) is 12.2 Å². The smallest absolute Gasteiger partial charge is 0.331 e. The summed E-state index contributed by atoms with van der Waals surface area (Å²) in [7, 11) is 0. The Labute approximate surface area is 116 Å². The van der Waals surface area contributed by atoms with Crippen LogP contribution in [0.5, 0.6) is 0 Å². The van der Waals surface area contributed by atoms with Crippen LogP contribution in [0.25, 0.3) is 0 Å². The van der Waals surface area contributed by atoms with Crippen molar-refractivity contribution in [3.63, 3.8) is 0 Å². The molecule has 0 aliphatic rings. The Morgan fingerprint density at radius 2 is 1.05 bits per heavy atom. The van der Waals surface area contributed by atoms with E-state index < -0.39 is 23.8 Å². The van der Waals surface area contributed by atoms with Gasteiger partial charge in [0.15, 0.2) is 0 Å². The molecule has 0 saturated carbocycles. The van der Waals surface area contributed by atoms with Gasteiger partial charge in [0.05, 0.1) is 39.6 Å². The van der Waals surface area contributed by atoms with Gasteiger partial charge in [0.1, 0.15) is 0 Å². The maximum absolute atomic E-state index is 11.2. The molecule has 0 aromatic carbocycles. The van der Waals surface area contributed by atoms with E-state index in [1.54, 1.807) is 0 Å². The van der Waals surface area contributed by atoms with Gasteiger partial charge in [0.25, 0.3) is 0 Å². The van der Waals surface area contributed by atoms with Crippen molar-refractivity contribution in [2.24, 2.45) is 11.8 Å². The van der Waals surface area contributed by atoms with Crippen molar-refractivity contribution in [1.29, 1.82) is 0 Å². The third-order valence-corrected chi connectivity index (χ3v) is 2.31. The molecule has 0 bridgehead atoms. The van der Waals surface area contributed by atoms with Crippen molar-refractivity contribution < 1.29 is 39.5 Å². The SMILES string of the molecule is O=C(/C=C\C(=O)OCC(CO)CO)OCC(CO)CO. The Bertz CT molecular complexity index is 277. The highest BCUT2D eigenvalue weighted by atomic mass is 16.5. The van der Waals surface area contributed by atoms with Crippen molar-refractivity contribution in [2.75, 3.05) is 39.6 Å². The molecule has 0 unspecified atom stereocenters. The number of ether oxygens (including phenoxy) is 2. The lowest BCUT2D eigenvalue weighted by Gasteiger charge is -2.10. The Kier molecular flexibility index (Phi) is 10.5. The molecule has 0 aliphatic heterocycles. The van der Waals surface area contributed by atoms with Crippen molar-refractivity contribution >= 4 is 11.9 Å². The first kappa shape index (κ1) is 18.5. The molecule has 116 valence electrons. The van der Waals surface area contributed by atoms with E-state index in [-0.39, 0.29) is 39.6 Å². The molecular weight excluding hydrogens is 272 g/mol. The molecule has 0 spiro atoms. The molecular formula is C12H20O8. The number of carbonyl (C=O) groups excluding carboxylic acids is 2. The summed E-state index contributed by atoms with van der Waals surface area (Å²) >= 11 is 0. The van der Waals surface area contributed by atoms with Crippen LogP contribution in [0.3, 0.4) is 0 Å². The monoisotopic (exact) mass is 292 g/mol. The third kappa shape index (κ3) is 8.59. The summed E-state index contributed by atoms with van der Waals surface area (Å²) in [4.78, 5) is 22.3. The summed E-state index contributed by atoms with van der Waals surface area (Å²) in [5, 5.41) is 35.0. The summed E-state index contributed by atoms with van der Waals surface area (Å²) in [6.45, 7) is -1.61. The minimum absolute atomic E-state index is 0.164. The minimum atomic E-state index is -0.810. The topological polar surface area (TPSA) is 134 Å². The molecule has 0 rings (SSSR count). The standard InChI is InChI=1S/C12H20O8/c13-3-9(4-14)7-19-11(17)1-2-12(18)20-8-10(5-15)6-16/h1-2,9-10,13-16H,3-8H2/b2-1-. The van der Waals surface area contributed by atoms with E-state index in [9.17, 15) is 9.59 Å². The molecule has 0 saturated heterocycles. The molecule has 8 heteroatoms. The van der Waals surface area contributed by atoms with Crippen LogP contribution in [-0.4, -0.2) is 72.0 Å². The van der Waals surface area contributed by atoms with Gasteiger partial charge < -0.3 is 29.9 Å². The lowest BCUT2D eigenvalue weighted by molar-refractivity contribution is -0.142. The van der Waals surface area contributed by atoms with Gasteiger partial charge in [0.2, 0.25) is 0 Å². The Balaban J connectivity index is 3.96. The largest absolute Gasteiger partial charge is 0.462 e. The van der Waals surface area contributed by atoms with Crippen LogP contribution in [0.4, 0.5) is 0 Å². The Morgan fingerprint density at radius 1 is 0.750 bits per heavy atom. The summed E-state index contributed by atoms with van der Waals surface area (Å²) in [6, 6.07) is 0. The van der Waals surface area contributed by atoms with Crippen molar-refractivity contribution in [1.82, 2.24) is 0 Å². The molecule has 0 aromatic heterocycles. The van der Waals surface area contributed by atoms with E-state index in [2.05, 4.69) is 9.47 Å². The van der Waals surface area contributed by atoms with Crippen LogP contribution in [0.1, 0.15) is 0 Å². The predicted octanol–water partition coefficient (Wildman–Crippen LogP) is -2.17. The quantitative estimate of drug-likeness (QED) is 0.264. The minimum Gasteiger partial charge on any atom is -0.462 e. The summed E-state index contributed by atoms with van der Waals surface area (Å²) in [6.07, 6.45) is 1.70. The molecule has 0 heterocycles. The summed E-state index contributed by atoms with van der Waals surface area (Å²) < 4.78 is 9.34. The van der Waals surface area contributed by atoms with E-state index in [0.717, 1.165) is 12.2 Å². The van der Waals surface area contributed by atoms with Crippen LogP contribution in [0.2, 0.25) is 0 Å². The third-order valence-electron chi connectivity index (χ3n) is 2.31. The first-order valence-electron chi connectivity index (χ1n) is 6.02. The summed E-state index contributed by atoms with van der Waals surface area (Å²) in [5.74, 6) is -2.74. The van der Waals surface area contributed by atoms with Crippen molar-refractivity contribution in [3.05, 3.63) is 12.2 Å². The fraction of sp³-hybridized carbons (Fsp3) is 0.667. The zero-order chi connectivity index (χ0) is 15.4. The fourth-order valence-electron chi connectivity index (χ4n) is 0.959. The molecule has 8 nitrogen and oxygen atoms in total. The molecule has 0 aliphatic carbocycles. The van der Waals surface area contributed by atoms with Gasteiger partial charge >= 0.3 is 11.9 Å². The second-order valence-corrected chi connectivity index (χ2v) is 4.06. The molecule has 4 N–H and O–H groups in total. The van der Waals surface area contributed by atoms with Gasteiger partial charge in [-0.3, -0.25) is 0 Å². The van der Waals surface area contributed by atoms with Crippen molar-refractivity contribution in [3.8, 4) is 0 Å². The lowest BCUT2D eigenvalue weighted by Crippen LogP contribution is -2.20. The van der Waals surface area contributed by atoms with E-state index in [1.165, 1.54) is 0 Å². The normalized spacial score (nSPS) is 11.3. The average molecular weight is 292 g/mol. The van der Waals surface area contributed by atoms with Gasteiger partial charge in [0, 0.05) is 24.0 Å². The van der Waals surface area contributed by atoms with E-state index in [0.29, 0.717) is 0 Å². The summed E-state index contributed by atoms with van der Waals surface area (Å²) in [5.41, 5.74) is 0. The number of aliphatic hydroxyl groups is 4. The maximum atomic E-state index is 11.2. The lowest BCUT2D eigenvalue weighted by atomic mass is 10.2. The molecule has 0 aromatic rings. The molecule has 0 radical (unpaired) electrons. The second kappa shape index (κ2) is 11.4. The van der Waals surface area contributed by atoms with Gasteiger partial charge in [-0.1, -0.05) is 0 Å². The fourth-order valence-corrected chi connectivity index (χ4v) is 0.959. The van der Waals surface area contributed by atoms with Gasteiger partial charge in [-0.05, 0) is 0 Å². The Morgan fingerprint density at radius 3 is 1.30 bits per heavy atom. The van der Waals surface area contributed by atoms with Crippen LogP contribution in [0, 0.1) is 11.8 Å². The number of aliphatic hydroxyl groups excluding tert-OH is 4. The van der Waals surface area contributed by atoms with Gasteiger partial charge in [-0.15, -0.1) is 0 Å². The average Bonchev–Trinajstić information content (AvgIpc) is 2.47. The van der Waals surface area contributed by atoms with E-state index in [4.69, 9.17) is 20.4 Å². The van der Waals surface area contributed by atoms with Crippen molar-refractivity contribution in [2.45, 2.75) is 0 Å².